The van der Waals surface area contributed by atoms with Crippen molar-refractivity contribution in [3.63, 3.8) is 0 Å². The molecule has 0 saturated heterocycles. The molecule has 0 aliphatic heterocycles. The van der Waals surface area contributed by atoms with Crippen LogP contribution in [-0.4, -0.2) is 19.5 Å². The highest BCUT2D eigenvalue weighted by molar-refractivity contribution is 9.09. The molecule has 0 bridgehead atoms. The molecule has 0 aliphatic rings. The second-order valence-corrected chi connectivity index (χ2v) is 7.43. The molecule has 1 unspecified atom stereocenters. The molecular weight excluding hydrogens is 300 g/mol. The summed E-state index contributed by atoms with van der Waals surface area (Å²) < 4.78 is 23.8. The Morgan fingerprint density at radius 2 is 1.82 bits per heavy atom. The van der Waals surface area contributed by atoms with Gasteiger partial charge in [-0.15, -0.1) is 0 Å². The molecule has 1 rings (SSSR count). The summed E-state index contributed by atoms with van der Waals surface area (Å²) in [6.07, 6.45) is 1.78. The first-order chi connectivity index (χ1) is 8.03. The SMILES string of the molecule is CC(CCBr)CCS(=O)(=O)Cc1ccccc1. The lowest BCUT2D eigenvalue weighted by Gasteiger charge is -2.09. The molecular formula is C13H19BrO2S. The molecule has 0 spiro atoms. The fourth-order valence-electron chi connectivity index (χ4n) is 1.61. The predicted molar refractivity (Wildman–Crippen MR) is 76.1 cm³/mol. The molecule has 1 aromatic rings. The van der Waals surface area contributed by atoms with Gasteiger partial charge in [0.15, 0.2) is 9.84 Å². The van der Waals surface area contributed by atoms with Crippen molar-refractivity contribution in [2.24, 2.45) is 5.92 Å². The van der Waals surface area contributed by atoms with Crippen LogP contribution in [0, 0.1) is 5.92 Å². The summed E-state index contributed by atoms with van der Waals surface area (Å²) in [4.78, 5) is 0. The normalized spacial score (nSPS) is 13.5. The molecule has 2 nitrogen and oxygen atoms in total. The lowest BCUT2D eigenvalue weighted by molar-refractivity contribution is 0.536. The van der Waals surface area contributed by atoms with Crippen molar-refractivity contribution in [1.82, 2.24) is 0 Å². The van der Waals surface area contributed by atoms with Crippen LogP contribution in [0.15, 0.2) is 30.3 Å². The zero-order valence-electron chi connectivity index (χ0n) is 10.1. The van der Waals surface area contributed by atoms with Gasteiger partial charge in [-0.2, -0.15) is 0 Å². The molecule has 0 amide bonds. The zero-order chi connectivity index (χ0) is 12.7. The summed E-state index contributed by atoms with van der Waals surface area (Å²) in [5.41, 5.74) is 0.876. The minimum Gasteiger partial charge on any atom is -0.228 e. The molecule has 0 fully saturated rings. The highest BCUT2D eigenvalue weighted by Crippen LogP contribution is 2.13. The number of hydrogen-bond donors (Lipinski definition) is 0. The molecule has 0 saturated carbocycles. The van der Waals surface area contributed by atoms with E-state index in [0.29, 0.717) is 5.92 Å². The maximum atomic E-state index is 11.9. The Morgan fingerprint density at radius 1 is 1.18 bits per heavy atom. The summed E-state index contributed by atoms with van der Waals surface area (Å²) in [5, 5.41) is 0.937. The lowest BCUT2D eigenvalue weighted by Crippen LogP contribution is -2.12. The largest absolute Gasteiger partial charge is 0.228 e. The number of sulfone groups is 1. The third-order valence-electron chi connectivity index (χ3n) is 2.75. The molecule has 0 radical (unpaired) electrons. The number of halogens is 1. The highest BCUT2D eigenvalue weighted by atomic mass is 79.9. The standard InChI is InChI=1S/C13H19BrO2S/c1-12(7-9-14)8-10-17(15,16)11-13-5-3-2-4-6-13/h2-6,12H,7-11H2,1H3. The van der Waals surface area contributed by atoms with Gasteiger partial charge in [0.1, 0.15) is 0 Å². The van der Waals surface area contributed by atoms with Gasteiger partial charge >= 0.3 is 0 Å². The van der Waals surface area contributed by atoms with E-state index in [1.165, 1.54) is 0 Å². The van der Waals surface area contributed by atoms with Gasteiger partial charge in [0.25, 0.3) is 0 Å². The molecule has 4 heteroatoms. The summed E-state index contributed by atoms with van der Waals surface area (Å²) in [5.74, 6) is 0.908. The number of benzene rings is 1. The topological polar surface area (TPSA) is 34.1 Å². The third-order valence-corrected chi connectivity index (χ3v) is 4.84. The predicted octanol–water partition coefficient (Wildman–Crippen LogP) is 3.41. The van der Waals surface area contributed by atoms with E-state index in [9.17, 15) is 8.42 Å². The molecule has 0 heterocycles. The van der Waals surface area contributed by atoms with E-state index in [2.05, 4.69) is 22.9 Å². The van der Waals surface area contributed by atoms with E-state index in [0.717, 1.165) is 23.7 Å². The summed E-state index contributed by atoms with van der Waals surface area (Å²) in [6.45, 7) is 2.10. The third kappa shape index (κ3) is 6.22. The number of alkyl halides is 1. The van der Waals surface area contributed by atoms with Gasteiger partial charge in [-0.05, 0) is 24.3 Å². The average molecular weight is 319 g/mol. The van der Waals surface area contributed by atoms with Gasteiger partial charge in [-0.1, -0.05) is 53.2 Å². The van der Waals surface area contributed by atoms with Crippen LogP contribution in [0.3, 0.4) is 0 Å². The van der Waals surface area contributed by atoms with Crippen LogP contribution in [0.25, 0.3) is 0 Å². The fourth-order valence-corrected chi connectivity index (χ4v) is 4.00. The van der Waals surface area contributed by atoms with Gasteiger partial charge in [-0.3, -0.25) is 0 Å². The average Bonchev–Trinajstić information content (AvgIpc) is 2.28. The van der Waals surface area contributed by atoms with E-state index in [4.69, 9.17) is 0 Å². The van der Waals surface area contributed by atoms with Gasteiger partial charge in [0.05, 0.1) is 11.5 Å². The molecule has 0 aliphatic carbocycles. The summed E-state index contributed by atoms with van der Waals surface area (Å²) in [6, 6.07) is 9.36. The minimum atomic E-state index is -2.96. The Morgan fingerprint density at radius 3 is 2.41 bits per heavy atom. The highest BCUT2D eigenvalue weighted by Gasteiger charge is 2.13. The Labute approximate surface area is 112 Å². The van der Waals surface area contributed by atoms with E-state index in [-0.39, 0.29) is 11.5 Å². The van der Waals surface area contributed by atoms with Crippen LogP contribution in [0.1, 0.15) is 25.3 Å². The summed E-state index contributed by atoms with van der Waals surface area (Å²) >= 11 is 3.37. The minimum absolute atomic E-state index is 0.162. The van der Waals surface area contributed by atoms with Gasteiger partial charge in [-0.25, -0.2) is 8.42 Å². The van der Waals surface area contributed by atoms with Crippen LogP contribution in [0.2, 0.25) is 0 Å². The Balaban J connectivity index is 2.47. The monoisotopic (exact) mass is 318 g/mol. The first-order valence-electron chi connectivity index (χ1n) is 5.84. The Hall–Kier alpha value is -0.350. The number of rotatable bonds is 7. The van der Waals surface area contributed by atoms with Crippen LogP contribution >= 0.6 is 15.9 Å². The van der Waals surface area contributed by atoms with Crippen molar-refractivity contribution in [1.29, 1.82) is 0 Å². The first-order valence-corrected chi connectivity index (χ1v) is 8.78. The van der Waals surface area contributed by atoms with E-state index in [1.54, 1.807) is 0 Å². The maximum absolute atomic E-state index is 11.9. The Kier molecular flexibility index (Phi) is 6.20. The van der Waals surface area contributed by atoms with Gasteiger partial charge in [0.2, 0.25) is 0 Å². The van der Waals surface area contributed by atoms with Crippen molar-refractivity contribution in [3.05, 3.63) is 35.9 Å². The first kappa shape index (κ1) is 14.7. The van der Waals surface area contributed by atoms with Crippen LogP contribution in [0.5, 0.6) is 0 Å². The van der Waals surface area contributed by atoms with Gasteiger partial charge in [0, 0.05) is 5.33 Å². The Bertz CT molecular complexity index is 414. The van der Waals surface area contributed by atoms with E-state index in [1.807, 2.05) is 30.3 Å². The van der Waals surface area contributed by atoms with Crippen LogP contribution in [0.4, 0.5) is 0 Å². The smallest absolute Gasteiger partial charge is 0.154 e. The summed E-state index contributed by atoms with van der Waals surface area (Å²) in [7, 11) is -2.96. The van der Waals surface area contributed by atoms with E-state index >= 15 is 0 Å². The number of hydrogen-bond acceptors (Lipinski definition) is 2. The second-order valence-electron chi connectivity index (χ2n) is 4.45. The quantitative estimate of drug-likeness (QED) is 0.722. The molecule has 1 aromatic carbocycles. The van der Waals surface area contributed by atoms with Crippen molar-refractivity contribution >= 4 is 25.8 Å². The van der Waals surface area contributed by atoms with Crippen molar-refractivity contribution in [2.75, 3.05) is 11.1 Å². The van der Waals surface area contributed by atoms with Crippen molar-refractivity contribution in [3.8, 4) is 0 Å². The fraction of sp³-hybridized carbons (Fsp3) is 0.538. The molecule has 0 N–H and O–H groups in total. The second kappa shape index (κ2) is 7.17. The van der Waals surface area contributed by atoms with Crippen LogP contribution in [-0.2, 0) is 15.6 Å². The molecule has 96 valence electrons. The molecule has 1 atom stereocenters. The van der Waals surface area contributed by atoms with Gasteiger partial charge < -0.3 is 0 Å². The van der Waals surface area contributed by atoms with Crippen molar-refractivity contribution < 1.29 is 8.42 Å². The van der Waals surface area contributed by atoms with Crippen molar-refractivity contribution in [2.45, 2.75) is 25.5 Å². The molecule has 17 heavy (non-hydrogen) atoms. The molecule has 0 aromatic heterocycles. The van der Waals surface area contributed by atoms with Crippen LogP contribution < -0.4 is 0 Å². The lowest BCUT2D eigenvalue weighted by atomic mass is 10.1. The van der Waals surface area contributed by atoms with E-state index < -0.39 is 9.84 Å². The maximum Gasteiger partial charge on any atom is 0.154 e. The zero-order valence-corrected chi connectivity index (χ0v) is 12.5.